The molecule has 0 aliphatic heterocycles. The number of ether oxygens (including phenoxy) is 3. The monoisotopic (exact) mass is 434 g/mol. The normalized spacial score (nSPS) is 13.1. The maximum atomic E-state index is 11.1. The smallest absolute Gasteiger partial charge is 0.309 e. The average Bonchev–Trinajstić information content (AvgIpc) is 2.76. The van der Waals surface area contributed by atoms with Crippen LogP contribution < -0.4 is 9.47 Å². The van der Waals surface area contributed by atoms with Crippen molar-refractivity contribution >= 4 is 11.9 Å². The van der Waals surface area contributed by atoms with Gasteiger partial charge in [-0.2, -0.15) is 0 Å². The standard InChI is InChI=1S/C13H18O3.C12H16O3/c1-10(2)9-16-12-6-4-11(5-7-12)8-13(14)15-3;1-9(2)8-15-11-5-3-10(4-6-11)7-12(13)14/h4-7,10H,8-9H2,1-3H3;3-6,9H,7-8H2,1-2H3,(H,13,14)/i9D2;8D2. The number of hydrogen-bond acceptors (Lipinski definition) is 5. The molecule has 2 rings (SSSR count). The first-order valence-corrected chi connectivity index (χ1v) is 10.0. The third-order valence-electron chi connectivity index (χ3n) is 3.60. The number of carboxylic acid groups (broad SMARTS) is 1. The van der Waals surface area contributed by atoms with E-state index in [0.29, 0.717) is 17.1 Å². The van der Waals surface area contributed by atoms with Gasteiger partial charge in [0.15, 0.2) is 0 Å². The molecule has 6 nitrogen and oxygen atoms in total. The zero-order valence-corrected chi connectivity index (χ0v) is 18.7. The predicted molar refractivity (Wildman–Crippen MR) is 121 cm³/mol. The molecule has 0 amide bonds. The van der Waals surface area contributed by atoms with Crippen LogP contribution in [-0.2, 0) is 27.2 Å². The Morgan fingerprint density at radius 2 is 1.19 bits per heavy atom. The van der Waals surface area contributed by atoms with Crippen LogP contribution in [0.3, 0.4) is 0 Å². The van der Waals surface area contributed by atoms with Crippen LogP contribution in [0.1, 0.15) is 44.3 Å². The topological polar surface area (TPSA) is 82.1 Å². The number of carbonyl (C=O) groups excluding carboxylic acids is 1. The van der Waals surface area contributed by atoms with Crippen molar-refractivity contribution in [1.82, 2.24) is 0 Å². The summed E-state index contributed by atoms with van der Waals surface area (Å²) in [5.74, 6) is -0.856. The lowest BCUT2D eigenvalue weighted by molar-refractivity contribution is -0.140. The molecular weight excluding hydrogens is 396 g/mol. The van der Waals surface area contributed by atoms with Crippen LogP contribution in [0.15, 0.2) is 48.5 Å². The Hall–Kier alpha value is -3.02. The van der Waals surface area contributed by atoms with Gasteiger partial charge in [0.1, 0.15) is 11.5 Å². The minimum Gasteiger partial charge on any atom is -0.493 e. The molecule has 0 fully saturated rings. The van der Waals surface area contributed by atoms with E-state index in [1.165, 1.54) is 7.11 Å². The van der Waals surface area contributed by atoms with Crippen molar-refractivity contribution in [3.05, 3.63) is 59.7 Å². The second-order valence-electron chi connectivity index (χ2n) is 7.36. The van der Waals surface area contributed by atoms with Crippen LogP contribution in [0, 0.1) is 11.8 Å². The van der Waals surface area contributed by atoms with Gasteiger partial charge in [0.25, 0.3) is 0 Å². The molecule has 0 aliphatic carbocycles. The summed E-state index contributed by atoms with van der Waals surface area (Å²) in [7, 11) is 1.34. The number of methoxy groups -OCH3 is 1. The molecule has 0 saturated heterocycles. The van der Waals surface area contributed by atoms with Crippen LogP contribution >= 0.6 is 0 Å². The first-order chi connectivity index (χ1) is 16.2. The van der Waals surface area contributed by atoms with Gasteiger partial charge in [-0.1, -0.05) is 52.0 Å². The second kappa shape index (κ2) is 14.1. The molecule has 0 atom stereocenters. The molecule has 6 heteroatoms. The van der Waals surface area contributed by atoms with Gasteiger partial charge in [-0.05, 0) is 47.2 Å². The van der Waals surface area contributed by atoms with E-state index in [-0.39, 0.29) is 30.6 Å². The van der Waals surface area contributed by atoms with Gasteiger partial charge in [0.05, 0.1) is 38.6 Å². The molecule has 2 aromatic carbocycles. The number of esters is 1. The molecule has 0 heterocycles. The van der Waals surface area contributed by atoms with Crippen molar-refractivity contribution in [2.24, 2.45) is 11.8 Å². The van der Waals surface area contributed by atoms with Crippen molar-refractivity contribution in [2.75, 3.05) is 20.2 Å². The molecule has 0 bridgehead atoms. The van der Waals surface area contributed by atoms with Gasteiger partial charge in [-0.15, -0.1) is 0 Å². The highest BCUT2D eigenvalue weighted by atomic mass is 16.5. The number of carboxylic acids is 1. The van der Waals surface area contributed by atoms with E-state index in [0.717, 1.165) is 5.56 Å². The summed E-state index contributed by atoms with van der Waals surface area (Å²) >= 11 is 0. The quantitative estimate of drug-likeness (QED) is 0.542. The van der Waals surface area contributed by atoms with E-state index in [4.69, 9.17) is 20.1 Å². The van der Waals surface area contributed by atoms with Gasteiger partial charge < -0.3 is 19.3 Å². The van der Waals surface area contributed by atoms with Gasteiger partial charge in [-0.3, -0.25) is 9.59 Å². The zero-order chi connectivity index (χ0) is 26.8. The Labute approximate surface area is 190 Å². The summed E-state index contributed by atoms with van der Waals surface area (Å²) in [6.45, 7) is 3.55. The first kappa shape index (κ1) is 19.9. The van der Waals surface area contributed by atoms with E-state index in [1.54, 1.807) is 76.2 Å². The summed E-state index contributed by atoms with van der Waals surface area (Å²) < 4.78 is 45.7. The highest BCUT2D eigenvalue weighted by molar-refractivity contribution is 5.72. The first-order valence-electron chi connectivity index (χ1n) is 12.0. The van der Waals surface area contributed by atoms with Gasteiger partial charge in [0.2, 0.25) is 0 Å². The van der Waals surface area contributed by atoms with Crippen molar-refractivity contribution in [3.63, 3.8) is 0 Å². The minimum atomic E-state index is -1.73. The Morgan fingerprint density at radius 1 is 0.806 bits per heavy atom. The van der Waals surface area contributed by atoms with E-state index in [9.17, 15) is 9.59 Å². The summed E-state index contributed by atoms with van der Waals surface area (Å²) in [5.41, 5.74) is 1.47. The second-order valence-corrected chi connectivity index (χ2v) is 7.36. The number of benzene rings is 2. The van der Waals surface area contributed by atoms with Crippen molar-refractivity contribution in [1.29, 1.82) is 0 Å². The van der Waals surface area contributed by atoms with Crippen molar-refractivity contribution < 1.29 is 34.4 Å². The number of hydrogen-bond donors (Lipinski definition) is 1. The molecule has 0 unspecified atom stereocenters. The van der Waals surface area contributed by atoms with E-state index >= 15 is 0 Å². The van der Waals surface area contributed by atoms with Crippen LogP contribution in [-0.4, -0.2) is 37.3 Å². The summed E-state index contributed by atoms with van der Waals surface area (Å²) in [6, 6.07) is 13.2. The van der Waals surface area contributed by atoms with Crippen molar-refractivity contribution in [3.8, 4) is 11.5 Å². The van der Waals surface area contributed by atoms with Crippen LogP contribution in [0.2, 0.25) is 0 Å². The van der Waals surface area contributed by atoms with E-state index in [2.05, 4.69) is 4.74 Å². The fraction of sp³-hybridized carbons (Fsp3) is 0.440. The third-order valence-corrected chi connectivity index (χ3v) is 3.60. The predicted octanol–water partition coefficient (Wildman–Crippen LogP) is 4.79. The number of aliphatic carboxylic acids is 1. The molecule has 1 N–H and O–H groups in total. The lowest BCUT2D eigenvalue weighted by atomic mass is 10.1. The maximum Gasteiger partial charge on any atom is 0.309 e. The van der Waals surface area contributed by atoms with Gasteiger partial charge >= 0.3 is 11.9 Å². The summed E-state index contributed by atoms with van der Waals surface area (Å²) in [5, 5.41) is 8.60. The van der Waals surface area contributed by atoms with Crippen LogP contribution in [0.4, 0.5) is 0 Å². The summed E-state index contributed by atoms with van der Waals surface area (Å²) in [6.07, 6.45) is 0.158. The van der Waals surface area contributed by atoms with Crippen molar-refractivity contribution in [2.45, 2.75) is 40.5 Å². The van der Waals surface area contributed by atoms with E-state index in [1.807, 2.05) is 0 Å². The Bertz CT molecular complexity index is 941. The summed E-state index contributed by atoms with van der Waals surface area (Å²) in [4.78, 5) is 21.6. The van der Waals surface area contributed by atoms with Crippen LogP contribution in [0.25, 0.3) is 0 Å². The molecule has 170 valence electrons. The number of rotatable bonds is 10. The molecule has 2 aromatic rings. The molecule has 0 aromatic heterocycles. The Morgan fingerprint density at radius 3 is 1.52 bits per heavy atom. The molecular formula is C25H34O6. The van der Waals surface area contributed by atoms with Crippen LogP contribution in [0.5, 0.6) is 11.5 Å². The SMILES string of the molecule is [2H]C([2H])(Oc1ccc(CC(=O)O)cc1)C(C)C.[2H]C([2H])(Oc1ccc(CC(=O)OC)cc1)C(C)C. The molecule has 0 saturated carbocycles. The zero-order valence-electron chi connectivity index (χ0n) is 22.7. The molecule has 31 heavy (non-hydrogen) atoms. The average molecular weight is 435 g/mol. The molecule has 0 spiro atoms. The third kappa shape index (κ3) is 12.3. The molecule has 0 radical (unpaired) electrons. The lowest BCUT2D eigenvalue weighted by Crippen LogP contribution is -2.06. The maximum absolute atomic E-state index is 11.1. The fourth-order valence-electron chi connectivity index (χ4n) is 2.14. The Kier molecular flexibility index (Phi) is 9.04. The largest absolute Gasteiger partial charge is 0.493 e. The Balaban J connectivity index is 0.000000351. The lowest BCUT2D eigenvalue weighted by Gasteiger charge is -2.08. The highest BCUT2D eigenvalue weighted by Crippen LogP contribution is 2.14. The molecule has 0 aliphatic rings. The fourth-order valence-corrected chi connectivity index (χ4v) is 2.14. The minimum absolute atomic E-state index is 0.0443. The highest BCUT2D eigenvalue weighted by Gasteiger charge is 2.03. The number of carbonyl (C=O) groups is 2. The van der Waals surface area contributed by atoms with E-state index < -0.39 is 19.1 Å². The van der Waals surface area contributed by atoms with Gasteiger partial charge in [0, 0.05) is 0 Å². The van der Waals surface area contributed by atoms with Gasteiger partial charge in [-0.25, -0.2) is 0 Å².